The van der Waals surface area contributed by atoms with Gasteiger partial charge in [-0.15, -0.1) is 10.2 Å². The molecule has 0 bridgehead atoms. The highest BCUT2D eigenvalue weighted by molar-refractivity contribution is 5.57. The first-order valence-corrected chi connectivity index (χ1v) is 6.32. The van der Waals surface area contributed by atoms with E-state index in [0.29, 0.717) is 24.4 Å². The first kappa shape index (κ1) is 12.8. The van der Waals surface area contributed by atoms with Crippen LogP contribution < -0.4 is 5.32 Å². The monoisotopic (exact) mass is 245 g/mol. The molecule has 1 aromatic carbocycles. The van der Waals surface area contributed by atoms with Gasteiger partial charge in [0.1, 0.15) is 0 Å². The van der Waals surface area contributed by atoms with E-state index in [1.165, 1.54) is 0 Å². The Bertz CT molecular complexity index is 507. The number of hydrogen-bond donors (Lipinski definition) is 1. The molecule has 0 saturated carbocycles. The van der Waals surface area contributed by atoms with Crippen LogP contribution in [-0.4, -0.2) is 16.2 Å². The van der Waals surface area contributed by atoms with Crippen LogP contribution in [0.15, 0.2) is 28.7 Å². The van der Waals surface area contributed by atoms with Crippen molar-refractivity contribution in [3.8, 4) is 11.5 Å². The molecule has 1 N–H and O–H groups in total. The van der Waals surface area contributed by atoms with Gasteiger partial charge in [0.2, 0.25) is 11.8 Å². The summed E-state index contributed by atoms with van der Waals surface area (Å²) in [5, 5.41) is 11.5. The van der Waals surface area contributed by atoms with Crippen molar-refractivity contribution in [1.29, 1.82) is 0 Å². The third-order valence-electron chi connectivity index (χ3n) is 3.06. The first-order chi connectivity index (χ1) is 8.70. The molecule has 1 atom stereocenters. The van der Waals surface area contributed by atoms with Crippen molar-refractivity contribution in [2.45, 2.75) is 39.8 Å². The van der Waals surface area contributed by atoms with Crippen molar-refractivity contribution >= 4 is 0 Å². The van der Waals surface area contributed by atoms with Crippen LogP contribution in [0.1, 0.15) is 31.7 Å². The second-order valence-corrected chi connectivity index (χ2v) is 4.51. The fourth-order valence-corrected chi connectivity index (χ4v) is 1.65. The largest absolute Gasteiger partial charge is 0.419 e. The lowest BCUT2D eigenvalue weighted by molar-refractivity contribution is 0.444. The molecule has 4 heteroatoms. The van der Waals surface area contributed by atoms with E-state index in [1.54, 1.807) is 0 Å². The van der Waals surface area contributed by atoms with Gasteiger partial charge < -0.3 is 9.73 Å². The molecule has 96 valence electrons. The predicted molar refractivity (Wildman–Crippen MR) is 71.1 cm³/mol. The Morgan fingerprint density at radius 1 is 1.28 bits per heavy atom. The minimum atomic E-state index is 0.457. The second-order valence-electron chi connectivity index (χ2n) is 4.51. The quantitative estimate of drug-likeness (QED) is 0.880. The molecule has 0 saturated heterocycles. The van der Waals surface area contributed by atoms with Crippen molar-refractivity contribution in [3.05, 3.63) is 35.7 Å². The lowest BCUT2D eigenvalue weighted by atomic mass is 10.1. The standard InChI is InChI=1S/C14H19N3O/c1-4-11(3)15-9-13-16-17-14(18-13)12-8-6-5-7-10(12)2/h5-8,11,15H,4,9H2,1-3H3. The number of aryl methyl sites for hydroxylation is 1. The molecular weight excluding hydrogens is 226 g/mol. The van der Waals surface area contributed by atoms with Gasteiger partial charge in [0.05, 0.1) is 6.54 Å². The Morgan fingerprint density at radius 3 is 2.78 bits per heavy atom. The Labute approximate surface area is 107 Å². The third-order valence-corrected chi connectivity index (χ3v) is 3.06. The maximum absolute atomic E-state index is 5.66. The summed E-state index contributed by atoms with van der Waals surface area (Å²) in [4.78, 5) is 0. The van der Waals surface area contributed by atoms with Gasteiger partial charge in [0.15, 0.2) is 0 Å². The predicted octanol–water partition coefficient (Wildman–Crippen LogP) is 2.93. The van der Waals surface area contributed by atoms with Crippen molar-refractivity contribution in [2.24, 2.45) is 0 Å². The van der Waals surface area contributed by atoms with Crippen molar-refractivity contribution < 1.29 is 4.42 Å². The van der Waals surface area contributed by atoms with Gasteiger partial charge in [0, 0.05) is 11.6 Å². The molecule has 0 spiro atoms. The second kappa shape index (κ2) is 5.78. The summed E-state index contributed by atoms with van der Waals surface area (Å²) in [5.74, 6) is 1.22. The molecule has 0 radical (unpaired) electrons. The van der Waals surface area contributed by atoms with Crippen LogP contribution in [0, 0.1) is 6.92 Å². The molecular formula is C14H19N3O. The van der Waals surface area contributed by atoms with E-state index in [-0.39, 0.29) is 0 Å². The molecule has 18 heavy (non-hydrogen) atoms. The van der Waals surface area contributed by atoms with E-state index in [2.05, 4.69) is 29.4 Å². The highest BCUT2D eigenvalue weighted by atomic mass is 16.4. The smallest absolute Gasteiger partial charge is 0.248 e. The first-order valence-electron chi connectivity index (χ1n) is 6.32. The number of nitrogens with zero attached hydrogens (tertiary/aromatic N) is 2. The molecule has 4 nitrogen and oxygen atoms in total. The summed E-state index contributed by atoms with van der Waals surface area (Å²) < 4.78 is 5.66. The maximum Gasteiger partial charge on any atom is 0.248 e. The summed E-state index contributed by atoms with van der Waals surface area (Å²) in [7, 11) is 0. The third kappa shape index (κ3) is 2.96. The maximum atomic E-state index is 5.66. The average molecular weight is 245 g/mol. The summed E-state index contributed by atoms with van der Waals surface area (Å²) >= 11 is 0. The molecule has 0 amide bonds. The Morgan fingerprint density at radius 2 is 2.06 bits per heavy atom. The molecule has 1 unspecified atom stereocenters. The Hall–Kier alpha value is -1.68. The summed E-state index contributed by atoms with van der Waals surface area (Å²) in [6.45, 7) is 6.94. The van der Waals surface area contributed by atoms with E-state index < -0.39 is 0 Å². The number of hydrogen-bond acceptors (Lipinski definition) is 4. The van der Waals surface area contributed by atoms with Crippen molar-refractivity contribution in [2.75, 3.05) is 0 Å². The molecule has 2 rings (SSSR count). The molecule has 1 heterocycles. The van der Waals surface area contributed by atoms with Gasteiger partial charge in [-0.2, -0.15) is 0 Å². The van der Waals surface area contributed by atoms with Crippen LogP contribution in [0.4, 0.5) is 0 Å². The van der Waals surface area contributed by atoms with E-state index in [9.17, 15) is 0 Å². The summed E-state index contributed by atoms with van der Waals surface area (Å²) in [6, 6.07) is 8.47. The van der Waals surface area contributed by atoms with Gasteiger partial charge in [-0.05, 0) is 31.9 Å². The zero-order valence-corrected chi connectivity index (χ0v) is 11.1. The SMILES string of the molecule is CCC(C)NCc1nnc(-c2ccccc2C)o1. The zero-order valence-electron chi connectivity index (χ0n) is 11.1. The fraction of sp³-hybridized carbons (Fsp3) is 0.429. The van der Waals surface area contributed by atoms with Gasteiger partial charge in [-0.1, -0.05) is 25.1 Å². The lowest BCUT2D eigenvalue weighted by Crippen LogP contribution is -2.24. The molecule has 1 aromatic heterocycles. The van der Waals surface area contributed by atoms with Gasteiger partial charge in [-0.25, -0.2) is 0 Å². The van der Waals surface area contributed by atoms with E-state index in [0.717, 1.165) is 17.5 Å². The summed E-state index contributed by atoms with van der Waals surface area (Å²) in [5.41, 5.74) is 2.14. The fourth-order valence-electron chi connectivity index (χ4n) is 1.65. The van der Waals surface area contributed by atoms with Crippen LogP contribution in [0.25, 0.3) is 11.5 Å². The van der Waals surface area contributed by atoms with Gasteiger partial charge in [0.25, 0.3) is 0 Å². The van der Waals surface area contributed by atoms with Gasteiger partial charge in [-0.3, -0.25) is 0 Å². The van der Waals surface area contributed by atoms with Crippen molar-refractivity contribution in [3.63, 3.8) is 0 Å². The minimum Gasteiger partial charge on any atom is -0.419 e. The average Bonchev–Trinajstić information content (AvgIpc) is 2.85. The molecule has 0 fully saturated rings. The van der Waals surface area contributed by atoms with Crippen LogP contribution in [0.5, 0.6) is 0 Å². The molecule has 2 aromatic rings. The minimum absolute atomic E-state index is 0.457. The number of benzene rings is 1. The van der Waals surface area contributed by atoms with Gasteiger partial charge >= 0.3 is 0 Å². The Balaban J connectivity index is 2.09. The highest BCUT2D eigenvalue weighted by Gasteiger charge is 2.10. The van der Waals surface area contributed by atoms with Crippen molar-refractivity contribution in [1.82, 2.24) is 15.5 Å². The topological polar surface area (TPSA) is 51.0 Å². The van der Waals surface area contributed by atoms with Crippen LogP contribution in [0.2, 0.25) is 0 Å². The molecule has 0 aliphatic carbocycles. The summed E-state index contributed by atoms with van der Waals surface area (Å²) in [6.07, 6.45) is 1.08. The number of nitrogens with one attached hydrogen (secondary N) is 1. The molecule has 0 aliphatic rings. The van der Waals surface area contributed by atoms with Crippen LogP contribution in [0.3, 0.4) is 0 Å². The number of aromatic nitrogens is 2. The van der Waals surface area contributed by atoms with E-state index in [4.69, 9.17) is 4.42 Å². The lowest BCUT2D eigenvalue weighted by Gasteiger charge is -2.07. The van der Waals surface area contributed by atoms with E-state index in [1.807, 2.05) is 31.2 Å². The highest BCUT2D eigenvalue weighted by Crippen LogP contribution is 2.21. The number of rotatable bonds is 5. The Kier molecular flexibility index (Phi) is 4.10. The van der Waals surface area contributed by atoms with Crippen LogP contribution in [-0.2, 0) is 6.54 Å². The normalized spacial score (nSPS) is 12.6. The molecule has 0 aliphatic heterocycles. The zero-order chi connectivity index (χ0) is 13.0. The van der Waals surface area contributed by atoms with Crippen LogP contribution >= 0.6 is 0 Å². The van der Waals surface area contributed by atoms with E-state index >= 15 is 0 Å².